The lowest BCUT2D eigenvalue weighted by Crippen LogP contribution is -2.03. The maximum Gasteiger partial charge on any atom is 0.155 e. The molecule has 0 unspecified atom stereocenters. The number of rotatable bonds is 3. The summed E-state index contributed by atoms with van der Waals surface area (Å²) in [5.74, 6) is 0.411. The van der Waals surface area contributed by atoms with Gasteiger partial charge in [0.1, 0.15) is 12.7 Å². The van der Waals surface area contributed by atoms with Gasteiger partial charge in [-0.3, -0.25) is 4.98 Å². The maximum atomic E-state index is 8.60. The fourth-order valence-electron chi connectivity index (χ4n) is 0.743. The van der Waals surface area contributed by atoms with Crippen molar-refractivity contribution in [3.8, 4) is 11.8 Å². The van der Waals surface area contributed by atoms with E-state index in [1.54, 1.807) is 6.07 Å². The molecule has 1 heterocycles. The van der Waals surface area contributed by atoms with Crippen molar-refractivity contribution in [2.24, 2.45) is 0 Å². The monoisotopic (exact) mass is 164 g/mol. The number of aliphatic hydroxyl groups excluding tert-OH is 1. The zero-order valence-electron chi connectivity index (χ0n) is 6.40. The number of hydrogen-bond donors (Lipinski definition) is 1. The van der Waals surface area contributed by atoms with Crippen molar-refractivity contribution in [3.05, 3.63) is 24.0 Å². The first kappa shape index (κ1) is 8.50. The van der Waals surface area contributed by atoms with Crippen LogP contribution in [0.1, 0.15) is 5.56 Å². The first-order chi connectivity index (χ1) is 5.88. The number of ether oxygens (including phenoxy) is 1. The molecule has 0 saturated heterocycles. The van der Waals surface area contributed by atoms with Crippen molar-refractivity contribution < 1.29 is 9.84 Å². The van der Waals surface area contributed by atoms with E-state index < -0.39 is 0 Å². The molecule has 0 spiro atoms. The molecule has 62 valence electrons. The van der Waals surface area contributed by atoms with Crippen molar-refractivity contribution >= 4 is 0 Å². The van der Waals surface area contributed by atoms with Crippen LogP contribution in [-0.4, -0.2) is 23.3 Å². The van der Waals surface area contributed by atoms with E-state index in [2.05, 4.69) is 4.98 Å². The Kier molecular flexibility index (Phi) is 3.05. The predicted octanol–water partition coefficient (Wildman–Crippen LogP) is 0.324. The summed E-state index contributed by atoms with van der Waals surface area (Å²) in [6.07, 6.45) is 2.97. The van der Waals surface area contributed by atoms with Crippen LogP contribution in [0.25, 0.3) is 0 Å². The van der Waals surface area contributed by atoms with Crippen LogP contribution in [-0.2, 0) is 0 Å². The third-order valence-corrected chi connectivity index (χ3v) is 1.25. The van der Waals surface area contributed by atoms with E-state index in [9.17, 15) is 0 Å². The second-order valence-corrected chi connectivity index (χ2v) is 2.06. The molecule has 12 heavy (non-hydrogen) atoms. The molecule has 0 aliphatic heterocycles. The lowest BCUT2D eigenvalue weighted by Gasteiger charge is -2.03. The second kappa shape index (κ2) is 4.31. The van der Waals surface area contributed by atoms with Crippen LogP contribution >= 0.6 is 0 Å². The minimum Gasteiger partial charge on any atom is -0.488 e. The van der Waals surface area contributed by atoms with E-state index in [0.29, 0.717) is 11.3 Å². The zero-order chi connectivity index (χ0) is 8.81. The normalized spacial score (nSPS) is 9.00. The highest BCUT2D eigenvalue weighted by Crippen LogP contribution is 2.14. The lowest BCUT2D eigenvalue weighted by molar-refractivity contribution is 0.200. The molecule has 4 heteroatoms. The summed E-state index contributed by atoms with van der Waals surface area (Å²) in [6.45, 7) is 0.111. The molecule has 1 aromatic heterocycles. The summed E-state index contributed by atoms with van der Waals surface area (Å²) < 4.78 is 5.04. The Morgan fingerprint density at radius 1 is 1.67 bits per heavy atom. The molecule has 0 aliphatic carbocycles. The third kappa shape index (κ3) is 1.94. The van der Waals surface area contributed by atoms with Crippen LogP contribution in [0.3, 0.4) is 0 Å². The van der Waals surface area contributed by atoms with Crippen LogP contribution in [0.5, 0.6) is 5.75 Å². The average molecular weight is 164 g/mol. The molecule has 0 amide bonds. The van der Waals surface area contributed by atoms with E-state index in [1.165, 1.54) is 12.4 Å². The van der Waals surface area contributed by atoms with Gasteiger partial charge in [0.05, 0.1) is 18.4 Å². The Hall–Kier alpha value is -1.60. The Bertz CT molecular complexity index is 293. The number of pyridine rings is 1. The molecule has 0 bridgehead atoms. The van der Waals surface area contributed by atoms with Crippen LogP contribution in [0.15, 0.2) is 18.5 Å². The van der Waals surface area contributed by atoms with Crippen LogP contribution < -0.4 is 4.74 Å². The van der Waals surface area contributed by atoms with Gasteiger partial charge in [-0.1, -0.05) is 0 Å². The Balaban J connectivity index is 2.77. The van der Waals surface area contributed by atoms with Crippen molar-refractivity contribution in [1.82, 2.24) is 4.98 Å². The van der Waals surface area contributed by atoms with Crippen LogP contribution in [0.4, 0.5) is 0 Å². The SMILES string of the molecule is N#Cc1ccncc1OCCO. The third-order valence-electron chi connectivity index (χ3n) is 1.25. The number of aromatic nitrogens is 1. The second-order valence-electron chi connectivity index (χ2n) is 2.06. The van der Waals surface area contributed by atoms with Gasteiger partial charge >= 0.3 is 0 Å². The van der Waals surface area contributed by atoms with Crippen molar-refractivity contribution in [3.63, 3.8) is 0 Å². The van der Waals surface area contributed by atoms with Gasteiger partial charge in [0.2, 0.25) is 0 Å². The first-order valence-electron chi connectivity index (χ1n) is 3.46. The number of hydrogen-bond acceptors (Lipinski definition) is 4. The lowest BCUT2D eigenvalue weighted by atomic mass is 10.3. The van der Waals surface area contributed by atoms with Crippen LogP contribution in [0, 0.1) is 11.3 Å². The van der Waals surface area contributed by atoms with Gasteiger partial charge in [-0.05, 0) is 6.07 Å². The minimum atomic E-state index is -0.0697. The van der Waals surface area contributed by atoms with Gasteiger partial charge in [0.25, 0.3) is 0 Å². The summed E-state index contributed by atoms with van der Waals surface area (Å²) in [5.41, 5.74) is 0.429. The molecule has 4 nitrogen and oxygen atoms in total. The molecule has 1 rings (SSSR count). The Labute approximate surface area is 70.0 Å². The quantitative estimate of drug-likeness (QED) is 0.698. The predicted molar refractivity (Wildman–Crippen MR) is 41.5 cm³/mol. The molecule has 1 aromatic rings. The Morgan fingerprint density at radius 3 is 3.17 bits per heavy atom. The highest BCUT2D eigenvalue weighted by molar-refractivity contribution is 5.40. The summed E-state index contributed by atoms with van der Waals surface area (Å²) in [4.78, 5) is 3.79. The molecule has 0 saturated carbocycles. The van der Waals surface area contributed by atoms with Crippen molar-refractivity contribution in [1.29, 1.82) is 5.26 Å². The molecule has 0 fully saturated rings. The fraction of sp³-hybridized carbons (Fsp3) is 0.250. The summed E-state index contributed by atoms with van der Waals surface area (Å²) in [5, 5.41) is 17.1. The minimum absolute atomic E-state index is 0.0697. The number of aliphatic hydroxyl groups is 1. The fourth-order valence-corrected chi connectivity index (χ4v) is 0.743. The molecule has 1 N–H and O–H groups in total. The Morgan fingerprint density at radius 2 is 2.50 bits per heavy atom. The smallest absolute Gasteiger partial charge is 0.155 e. The van der Waals surface area contributed by atoms with Gasteiger partial charge in [0, 0.05) is 6.20 Å². The molecular formula is C8H8N2O2. The van der Waals surface area contributed by atoms with Gasteiger partial charge in [-0.2, -0.15) is 5.26 Å². The molecular weight excluding hydrogens is 156 g/mol. The highest BCUT2D eigenvalue weighted by atomic mass is 16.5. The van der Waals surface area contributed by atoms with Gasteiger partial charge in [0.15, 0.2) is 5.75 Å². The molecule has 0 atom stereocenters. The van der Waals surface area contributed by atoms with Gasteiger partial charge in [-0.25, -0.2) is 0 Å². The first-order valence-corrected chi connectivity index (χ1v) is 3.46. The van der Waals surface area contributed by atoms with E-state index in [1.807, 2.05) is 6.07 Å². The van der Waals surface area contributed by atoms with E-state index in [-0.39, 0.29) is 13.2 Å². The summed E-state index contributed by atoms with van der Waals surface area (Å²) in [6, 6.07) is 3.52. The van der Waals surface area contributed by atoms with E-state index in [4.69, 9.17) is 15.1 Å². The van der Waals surface area contributed by atoms with Crippen LogP contribution in [0.2, 0.25) is 0 Å². The zero-order valence-corrected chi connectivity index (χ0v) is 6.40. The highest BCUT2D eigenvalue weighted by Gasteiger charge is 2.00. The topological polar surface area (TPSA) is 66.1 Å². The molecule has 0 aromatic carbocycles. The average Bonchev–Trinajstić information content (AvgIpc) is 2.15. The summed E-state index contributed by atoms with van der Waals surface area (Å²) >= 11 is 0. The molecule has 0 radical (unpaired) electrons. The number of nitrogens with zero attached hydrogens (tertiary/aromatic N) is 2. The van der Waals surface area contributed by atoms with Crippen molar-refractivity contribution in [2.45, 2.75) is 0 Å². The largest absolute Gasteiger partial charge is 0.488 e. The molecule has 0 aliphatic rings. The summed E-state index contributed by atoms with van der Waals surface area (Å²) in [7, 11) is 0. The van der Waals surface area contributed by atoms with E-state index in [0.717, 1.165) is 0 Å². The number of nitriles is 1. The van der Waals surface area contributed by atoms with Gasteiger partial charge < -0.3 is 9.84 Å². The van der Waals surface area contributed by atoms with E-state index >= 15 is 0 Å². The van der Waals surface area contributed by atoms with Crippen molar-refractivity contribution in [2.75, 3.05) is 13.2 Å². The maximum absolute atomic E-state index is 8.60. The standard InChI is InChI=1S/C8H8N2O2/c9-5-7-1-2-10-6-8(7)12-4-3-11/h1-2,6,11H,3-4H2. The van der Waals surface area contributed by atoms with Gasteiger partial charge in [-0.15, -0.1) is 0 Å².